The first-order valence-corrected chi connectivity index (χ1v) is 25.2. The highest BCUT2D eigenvalue weighted by Gasteiger charge is 2.57. The minimum Gasteiger partial charge on any atom is -0.383 e. The third kappa shape index (κ3) is 14.3. The number of aliphatic hydroxyl groups is 2. The number of ketones is 2. The molecule has 6 aliphatic heterocycles. The van der Waals surface area contributed by atoms with E-state index in [1.54, 1.807) is 9.80 Å². The summed E-state index contributed by atoms with van der Waals surface area (Å²) in [7, 11) is 0. The standard InChI is InChI=1S/C26H42N2O5.C26H40N2O4/c1-17-12-10-8-6-4-5-7-9-11-13-18(23(30)24(27)31)14-20(29)22-19-15-26(2,3)33-21(19)16-28(22)25(17)32;1-18-12-10-8-6-4-5-7-9-11-13-19(22(30)16-27)14-21(29)24-20-15-26(2,3)32-23(20)17-28(24)25(18)31/h4-5,17-19,21-23,30H,6-16H2,1-3H3,(H2,27,31);4-5,18-20,22-24,30H,6-15,17H2,1-3H3/t17-,18+,19-,21?,22-,23?;18-,19+,20-,22?,23?,24-/m00/s1. The lowest BCUT2D eigenvalue weighted by molar-refractivity contribution is -0.143. The number of carbonyl (C=O) groups is 5. The first-order chi connectivity index (χ1) is 30.8. The highest BCUT2D eigenvalue weighted by Crippen LogP contribution is 2.46. The van der Waals surface area contributed by atoms with Crippen molar-refractivity contribution < 1.29 is 43.7 Å². The van der Waals surface area contributed by atoms with Gasteiger partial charge in [-0.25, -0.2) is 0 Å². The fourth-order valence-electron chi connectivity index (χ4n) is 11.7. The summed E-state index contributed by atoms with van der Waals surface area (Å²) in [6, 6.07) is 0.860. The summed E-state index contributed by atoms with van der Waals surface area (Å²) >= 11 is 0. The molecule has 0 radical (unpaired) electrons. The van der Waals surface area contributed by atoms with E-state index >= 15 is 0 Å². The summed E-state index contributed by atoms with van der Waals surface area (Å²) in [6.45, 7) is 12.9. The number of carbonyl (C=O) groups excluding carboxylic acids is 5. The molecule has 0 saturated carbocycles. The number of Topliss-reactive ketones (excluding diaryl/α,β-unsaturated/α-hetero) is 2. The third-order valence-corrected chi connectivity index (χ3v) is 15.1. The maximum absolute atomic E-state index is 13.7. The van der Waals surface area contributed by atoms with E-state index in [9.17, 15) is 39.4 Å². The molecule has 0 aromatic carbocycles. The fraction of sp³-hybridized carbons (Fsp3) is 0.808. The zero-order valence-corrected chi connectivity index (χ0v) is 40.5. The Morgan fingerprint density at radius 3 is 1.42 bits per heavy atom. The quantitative estimate of drug-likeness (QED) is 0.191. The van der Waals surface area contributed by atoms with Crippen molar-refractivity contribution >= 4 is 29.3 Å². The molecule has 0 aliphatic carbocycles. The van der Waals surface area contributed by atoms with E-state index in [2.05, 4.69) is 24.3 Å². The van der Waals surface area contributed by atoms with Crippen LogP contribution in [0, 0.1) is 46.8 Å². The van der Waals surface area contributed by atoms with Gasteiger partial charge in [0, 0.05) is 61.4 Å². The average molecular weight is 907 g/mol. The van der Waals surface area contributed by atoms with Gasteiger partial charge in [-0.2, -0.15) is 5.26 Å². The van der Waals surface area contributed by atoms with E-state index in [0.717, 1.165) is 96.3 Å². The number of rotatable bonds is 3. The van der Waals surface area contributed by atoms with Crippen LogP contribution < -0.4 is 5.73 Å². The third-order valence-electron chi connectivity index (χ3n) is 15.1. The Morgan fingerprint density at radius 2 is 1.03 bits per heavy atom. The van der Waals surface area contributed by atoms with Crippen LogP contribution in [-0.4, -0.2) is 110 Å². The second-order valence-electron chi connectivity index (χ2n) is 21.6. The van der Waals surface area contributed by atoms with E-state index in [1.807, 2.05) is 47.6 Å². The molecule has 4 N–H and O–H groups in total. The number of hydrogen-bond acceptors (Lipinski definition) is 10. The molecule has 0 bridgehead atoms. The molecule has 12 atom stereocenters. The molecular formula is C52H82N4O9. The number of nitriles is 1. The van der Waals surface area contributed by atoms with Gasteiger partial charge in [0.2, 0.25) is 17.7 Å². The summed E-state index contributed by atoms with van der Waals surface area (Å²) < 4.78 is 12.4. The number of fused-ring (bicyclic) bond motifs is 6. The highest BCUT2D eigenvalue weighted by atomic mass is 16.5. The molecular weight excluding hydrogens is 825 g/mol. The summed E-state index contributed by atoms with van der Waals surface area (Å²) in [6.07, 6.45) is 22.1. The first-order valence-electron chi connectivity index (χ1n) is 25.2. The van der Waals surface area contributed by atoms with E-state index in [0.29, 0.717) is 32.4 Å². The van der Waals surface area contributed by atoms with Gasteiger partial charge in [-0.3, -0.25) is 24.0 Å². The number of primary amides is 1. The van der Waals surface area contributed by atoms with Gasteiger partial charge in [0.1, 0.15) is 12.2 Å². The Morgan fingerprint density at radius 1 is 0.662 bits per heavy atom. The van der Waals surface area contributed by atoms with Crippen molar-refractivity contribution in [1.82, 2.24) is 9.80 Å². The van der Waals surface area contributed by atoms with Gasteiger partial charge < -0.3 is 35.2 Å². The van der Waals surface area contributed by atoms with Crippen LogP contribution in [0.15, 0.2) is 24.3 Å². The zero-order chi connectivity index (χ0) is 47.5. The fourth-order valence-corrected chi connectivity index (χ4v) is 11.7. The van der Waals surface area contributed by atoms with Crippen LogP contribution in [-0.2, 0) is 33.4 Å². The molecule has 13 heteroatoms. The van der Waals surface area contributed by atoms with Gasteiger partial charge in [-0.05, 0) is 118 Å². The van der Waals surface area contributed by atoms with Crippen molar-refractivity contribution in [3.63, 3.8) is 0 Å². The lowest BCUT2D eigenvalue weighted by Crippen LogP contribution is -2.47. The smallest absolute Gasteiger partial charge is 0.246 e. The maximum Gasteiger partial charge on any atom is 0.246 e. The molecule has 13 nitrogen and oxygen atoms in total. The minimum absolute atomic E-state index is 0.0102. The van der Waals surface area contributed by atoms with E-state index in [-0.39, 0.29) is 83.3 Å². The number of ether oxygens (including phenoxy) is 2. The minimum atomic E-state index is -1.36. The molecule has 0 aromatic rings. The molecule has 4 unspecified atom stereocenters. The average Bonchev–Trinajstić information content (AvgIpc) is 3.95. The van der Waals surface area contributed by atoms with Crippen LogP contribution >= 0.6 is 0 Å². The monoisotopic (exact) mass is 907 g/mol. The molecule has 6 heterocycles. The second-order valence-corrected chi connectivity index (χ2v) is 21.6. The number of allylic oxidation sites excluding steroid dienone is 4. The molecule has 4 saturated heterocycles. The maximum atomic E-state index is 13.7. The van der Waals surface area contributed by atoms with Crippen molar-refractivity contribution in [3.8, 4) is 6.07 Å². The summed E-state index contributed by atoms with van der Waals surface area (Å²) in [5, 5.41) is 30.1. The van der Waals surface area contributed by atoms with Gasteiger partial charge in [-0.15, -0.1) is 0 Å². The van der Waals surface area contributed by atoms with Crippen molar-refractivity contribution in [2.45, 2.75) is 218 Å². The Balaban J connectivity index is 0.000000244. The number of amides is 3. The SMILES string of the molecule is C[C@H]1CCCCC=CCCCC[C@@H](C(O)C#N)CC(=O)[C@@H]2[C@H]3CC(C)(C)OC3CN2C1=O.C[C@H]1CCCCC=CCCCC[C@@H](C(O)C(N)=O)CC(=O)[C@@H]2[C@H]3CC(C)(C)OC3CN2C1=O. The molecule has 6 aliphatic rings. The van der Waals surface area contributed by atoms with Crippen LogP contribution in [0.25, 0.3) is 0 Å². The van der Waals surface area contributed by atoms with Gasteiger partial charge in [-0.1, -0.05) is 63.8 Å². The normalized spacial score (nSPS) is 35.3. The van der Waals surface area contributed by atoms with Crippen molar-refractivity contribution in [1.29, 1.82) is 5.26 Å². The van der Waals surface area contributed by atoms with E-state index in [4.69, 9.17) is 15.2 Å². The second kappa shape index (κ2) is 24.0. The summed E-state index contributed by atoms with van der Waals surface area (Å²) in [5.74, 6) is -2.13. The lowest BCUT2D eigenvalue weighted by atomic mass is 9.83. The van der Waals surface area contributed by atoms with Crippen LogP contribution in [0.5, 0.6) is 0 Å². The zero-order valence-electron chi connectivity index (χ0n) is 40.5. The van der Waals surface area contributed by atoms with E-state index < -0.39 is 42.0 Å². The van der Waals surface area contributed by atoms with Crippen molar-refractivity contribution in [2.24, 2.45) is 41.2 Å². The van der Waals surface area contributed by atoms with Crippen molar-refractivity contribution in [3.05, 3.63) is 24.3 Å². The number of aliphatic hydroxyl groups excluding tert-OH is 2. The van der Waals surface area contributed by atoms with Crippen LogP contribution in [0.1, 0.15) is 170 Å². The number of hydrogen-bond donors (Lipinski definition) is 3. The predicted molar refractivity (Wildman–Crippen MR) is 249 cm³/mol. The number of nitrogens with two attached hydrogens (primary N) is 1. The van der Waals surface area contributed by atoms with Crippen molar-refractivity contribution in [2.75, 3.05) is 13.1 Å². The molecule has 0 spiro atoms. The Kier molecular flexibility index (Phi) is 19.4. The predicted octanol–water partition coefficient (Wildman–Crippen LogP) is 7.30. The summed E-state index contributed by atoms with van der Waals surface area (Å²) in [4.78, 5) is 69.3. The highest BCUT2D eigenvalue weighted by molar-refractivity contribution is 5.92. The first kappa shape index (κ1) is 52.5. The topological polar surface area (TPSA) is 201 Å². The molecule has 3 amide bonds. The lowest BCUT2D eigenvalue weighted by Gasteiger charge is -2.32. The Labute approximate surface area is 389 Å². The number of nitrogens with zero attached hydrogens (tertiary/aromatic N) is 3. The van der Waals surface area contributed by atoms with Crippen LogP contribution in [0.2, 0.25) is 0 Å². The largest absolute Gasteiger partial charge is 0.383 e. The van der Waals surface area contributed by atoms with Crippen LogP contribution in [0.4, 0.5) is 0 Å². The van der Waals surface area contributed by atoms with Gasteiger partial charge in [0.25, 0.3) is 0 Å². The van der Waals surface area contributed by atoms with Gasteiger partial charge in [0.15, 0.2) is 11.6 Å². The molecule has 364 valence electrons. The molecule has 0 aromatic heterocycles. The molecule has 65 heavy (non-hydrogen) atoms. The molecule has 6 rings (SSSR count). The van der Waals surface area contributed by atoms with Gasteiger partial charge >= 0.3 is 0 Å². The van der Waals surface area contributed by atoms with E-state index in [1.165, 1.54) is 0 Å². The van der Waals surface area contributed by atoms with Gasteiger partial charge in [0.05, 0.1) is 41.6 Å². The molecule has 4 fully saturated rings. The Bertz CT molecular complexity index is 1740. The van der Waals surface area contributed by atoms with Crippen LogP contribution in [0.3, 0.4) is 0 Å². The Hall–Kier alpha value is -3.44. The summed E-state index contributed by atoms with van der Waals surface area (Å²) in [5.41, 5.74) is 4.77.